The molecule has 1 heterocycles. The number of nitrogens with zero attached hydrogens (tertiary/aromatic N) is 1. The lowest BCUT2D eigenvalue weighted by molar-refractivity contribution is -0.183. The molecule has 1 aromatic carbocycles. The molecule has 0 radical (unpaired) electrons. The average molecular weight is 304 g/mol. The van der Waals surface area contributed by atoms with E-state index in [4.69, 9.17) is 0 Å². The number of amides is 2. The van der Waals surface area contributed by atoms with Gasteiger partial charge >= 0.3 is 12.3 Å². The molecule has 0 aliphatic carbocycles. The van der Waals surface area contributed by atoms with Crippen molar-refractivity contribution >= 4 is 17.5 Å². The maximum Gasteiger partial charge on any atom is 0.383 e. The monoisotopic (exact) mass is 304 g/mol. The lowest BCUT2D eigenvalue weighted by Gasteiger charge is -2.29. The minimum absolute atomic E-state index is 0.350. The van der Waals surface area contributed by atoms with Crippen LogP contribution in [0.15, 0.2) is 24.3 Å². The maximum absolute atomic E-state index is 13.3. The summed E-state index contributed by atoms with van der Waals surface area (Å²) >= 11 is 0. The highest BCUT2D eigenvalue weighted by molar-refractivity contribution is 5.99. The minimum atomic E-state index is -4.83. The van der Waals surface area contributed by atoms with Gasteiger partial charge in [-0.2, -0.15) is 8.78 Å². The summed E-state index contributed by atoms with van der Waals surface area (Å²) < 4.78 is 51.2. The first kappa shape index (κ1) is 15.3. The molecule has 0 fully saturated rings. The Morgan fingerprint density at radius 1 is 1.38 bits per heavy atom. The fourth-order valence-corrected chi connectivity index (χ4v) is 2.01. The number of anilines is 1. The zero-order valence-electron chi connectivity index (χ0n) is 10.9. The number of para-hydroxylation sites is 1. The van der Waals surface area contributed by atoms with E-state index in [9.17, 15) is 27.2 Å². The number of hydrogen-bond donors (Lipinski definition) is 1. The molecule has 114 valence electrons. The van der Waals surface area contributed by atoms with E-state index < -0.39 is 30.2 Å². The highest BCUT2D eigenvalue weighted by atomic mass is 19.3. The Morgan fingerprint density at radius 2 is 2.00 bits per heavy atom. The second kappa shape index (κ2) is 5.34. The predicted octanol–water partition coefficient (Wildman–Crippen LogP) is 2.26. The van der Waals surface area contributed by atoms with Gasteiger partial charge in [-0.15, -0.1) is 0 Å². The summed E-state index contributed by atoms with van der Waals surface area (Å²) in [5.74, 6) is -7.59. The molecule has 2 rings (SSSR count). The van der Waals surface area contributed by atoms with Crippen LogP contribution in [0.4, 0.5) is 23.2 Å². The van der Waals surface area contributed by atoms with Crippen LogP contribution < -0.4 is 5.32 Å². The van der Waals surface area contributed by atoms with Crippen LogP contribution in [0.1, 0.15) is 12.5 Å². The molecule has 1 aliphatic rings. The number of alkyl halides is 4. The first-order valence-corrected chi connectivity index (χ1v) is 6.11. The third-order valence-corrected chi connectivity index (χ3v) is 3.28. The summed E-state index contributed by atoms with van der Waals surface area (Å²) in [6.07, 6.45) is -4.13. The fraction of sp³-hybridized carbons (Fsp3) is 0.385. The normalized spacial score (nSPS) is 19.0. The molecule has 1 aromatic rings. The molecule has 1 atom stereocenters. The van der Waals surface area contributed by atoms with Crippen molar-refractivity contribution in [1.29, 1.82) is 0 Å². The summed E-state index contributed by atoms with van der Waals surface area (Å²) in [7, 11) is 0. The number of benzene rings is 1. The molecule has 0 aromatic heterocycles. The fourth-order valence-electron chi connectivity index (χ4n) is 2.01. The van der Waals surface area contributed by atoms with Crippen LogP contribution in [0.25, 0.3) is 0 Å². The number of carbonyl (C=O) groups is 2. The Morgan fingerprint density at radius 3 is 2.62 bits per heavy atom. The van der Waals surface area contributed by atoms with Crippen LogP contribution in [-0.4, -0.2) is 35.1 Å². The van der Waals surface area contributed by atoms with E-state index in [1.54, 1.807) is 18.2 Å². The van der Waals surface area contributed by atoms with Crippen LogP contribution >= 0.6 is 0 Å². The molecule has 1 N–H and O–H groups in total. The van der Waals surface area contributed by atoms with Crippen LogP contribution in [0.3, 0.4) is 0 Å². The third kappa shape index (κ3) is 2.70. The predicted molar refractivity (Wildman–Crippen MR) is 66.0 cm³/mol. The van der Waals surface area contributed by atoms with Gasteiger partial charge in [-0.1, -0.05) is 18.2 Å². The van der Waals surface area contributed by atoms with Gasteiger partial charge in [0.05, 0.1) is 0 Å². The lowest BCUT2D eigenvalue weighted by Crippen LogP contribution is -2.52. The Bertz CT molecular complexity index is 577. The Balaban J connectivity index is 2.39. The van der Waals surface area contributed by atoms with E-state index in [1.165, 1.54) is 13.0 Å². The van der Waals surface area contributed by atoms with E-state index in [-0.39, 0.29) is 6.54 Å². The molecule has 4 nitrogen and oxygen atoms in total. The average Bonchev–Trinajstić information content (AvgIpc) is 2.55. The molecule has 0 spiro atoms. The van der Waals surface area contributed by atoms with Crippen molar-refractivity contribution in [1.82, 2.24) is 4.90 Å². The first-order chi connectivity index (χ1) is 9.75. The van der Waals surface area contributed by atoms with Gasteiger partial charge in [0.2, 0.25) is 5.91 Å². The SMILES string of the molecule is CC1C(=O)Nc2ccccc2CN1C(=O)C(F)(F)C(F)F. The number of fused-ring (bicyclic) bond motifs is 1. The minimum Gasteiger partial charge on any atom is -0.324 e. The van der Waals surface area contributed by atoms with Gasteiger partial charge in [-0.05, 0) is 18.6 Å². The number of halogens is 4. The molecule has 0 saturated carbocycles. The highest BCUT2D eigenvalue weighted by Gasteiger charge is 2.52. The summed E-state index contributed by atoms with van der Waals surface area (Å²) in [6.45, 7) is 0.859. The molecule has 8 heteroatoms. The molecule has 1 unspecified atom stereocenters. The Hall–Kier alpha value is -2.12. The van der Waals surface area contributed by atoms with Crippen molar-refractivity contribution in [2.24, 2.45) is 0 Å². The molecule has 0 bridgehead atoms. The Labute approximate surface area is 117 Å². The number of hydrogen-bond acceptors (Lipinski definition) is 2. The van der Waals surface area contributed by atoms with E-state index in [2.05, 4.69) is 5.32 Å². The maximum atomic E-state index is 13.3. The van der Waals surface area contributed by atoms with Crippen LogP contribution in [0, 0.1) is 0 Å². The zero-order valence-corrected chi connectivity index (χ0v) is 10.9. The summed E-state index contributed by atoms with van der Waals surface area (Å²) in [5, 5.41) is 2.47. The summed E-state index contributed by atoms with van der Waals surface area (Å²) in [6, 6.07) is 4.99. The molecule has 21 heavy (non-hydrogen) atoms. The van der Waals surface area contributed by atoms with Crippen LogP contribution in [0.2, 0.25) is 0 Å². The number of rotatable bonds is 2. The number of carbonyl (C=O) groups excluding carboxylic acids is 2. The highest BCUT2D eigenvalue weighted by Crippen LogP contribution is 2.30. The van der Waals surface area contributed by atoms with Gasteiger partial charge < -0.3 is 10.2 Å². The van der Waals surface area contributed by atoms with Gasteiger partial charge in [0.25, 0.3) is 5.91 Å². The standard InChI is InChI=1S/C13H12F4N2O2/c1-7-10(20)18-9-5-3-2-4-8(9)6-19(7)12(21)13(16,17)11(14)15/h2-5,7,11H,6H2,1H3,(H,18,20). The van der Waals surface area contributed by atoms with Gasteiger partial charge in [0.1, 0.15) is 6.04 Å². The molecular weight excluding hydrogens is 292 g/mol. The first-order valence-electron chi connectivity index (χ1n) is 6.11. The van der Waals surface area contributed by atoms with Crippen molar-refractivity contribution in [3.05, 3.63) is 29.8 Å². The molecule has 2 amide bonds. The van der Waals surface area contributed by atoms with Crippen molar-refractivity contribution in [3.8, 4) is 0 Å². The smallest absolute Gasteiger partial charge is 0.324 e. The Kier molecular flexibility index (Phi) is 3.89. The van der Waals surface area contributed by atoms with Crippen molar-refractivity contribution in [2.45, 2.75) is 31.9 Å². The van der Waals surface area contributed by atoms with E-state index in [0.717, 1.165) is 0 Å². The quantitative estimate of drug-likeness (QED) is 0.852. The largest absolute Gasteiger partial charge is 0.383 e. The van der Waals surface area contributed by atoms with Crippen molar-refractivity contribution < 1.29 is 27.2 Å². The van der Waals surface area contributed by atoms with Crippen molar-refractivity contribution in [2.75, 3.05) is 5.32 Å². The summed E-state index contributed by atoms with van der Waals surface area (Å²) in [4.78, 5) is 24.0. The van der Waals surface area contributed by atoms with Gasteiger partial charge in [0, 0.05) is 12.2 Å². The molecule has 1 aliphatic heterocycles. The van der Waals surface area contributed by atoms with E-state index in [1.807, 2.05) is 0 Å². The van der Waals surface area contributed by atoms with Crippen molar-refractivity contribution in [3.63, 3.8) is 0 Å². The topological polar surface area (TPSA) is 49.4 Å². The van der Waals surface area contributed by atoms with Gasteiger partial charge in [-0.3, -0.25) is 9.59 Å². The van der Waals surface area contributed by atoms with Gasteiger partial charge in [0.15, 0.2) is 0 Å². The zero-order chi connectivity index (χ0) is 15.8. The molecular formula is C13H12F4N2O2. The van der Waals surface area contributed by atoms with E-state index in [0.29, 0.717) is 16.2 Å². The second-order valence-electron chi connectivity index (χ2n) is 4.68. The second-order valence-corrected chi connectivity index (χ2v) is 4.68. The van der Waals surface area contributed by atoms with E-state index >= 15 is 0 Å². The summed E-state index contributed by atoms with van der Waals surface area (Å²) in [5.41, 5.74) is 0.763. The van der Waals surface area contributed by atoms with Crippen LogP contribution in [0.5, 0.6) is 0 Å². The third-order valence-electron chi connectivity index (χ3n) is 3.28. The lowest BCUT2D eigenvalue weighted by atomic mass is 10.1. The van der Waals surface area contributed by atoms with Crippen LogP contribution in [-0.2, 0) is 16.1 Å². The molecule has 0 saturated heterocycles. The van der Waals surface area contributed by atoms with Gasteiger partial charge in [-0.25, -0.2) is 8.78 Å². The number of nitrogens with one attached hydrogen (secondary N) is 1.